The molecule has 3 aromatic carbocycles. The van der Waals surface area contributed by atoms with Gasteiger partial charge in [0, 0.05) is 10.8 Å². The summed E-state index contributed by atoms with van der Waals surface area (Å²) in [5, 5.41) is 1.37. The Morgan fingerprint density at radius 2 is 1.00 bits per heavy atom. The van der Waals surface area contributed by atoms with Crippen molar-refractivity contribution in [3.8, 4) is 5.69 Å². The van der Waals surface area contributed by atoms with Crippen LogP contribution in [-0.4, -0.2) is 4.57 Å². The monoisotopic (exact) mass is 367 g/mol. The van der Waals surface area contributed by atoms with Gasteiger partial charge in [-0.1, -0.05) is 48.5 Å². The fourth-order valence-corrected chi connectivity index (χ4v) is 3.27. The lowest BCUT2D eigenvalue weighted by Gasteiger charge is -2.12. The van der Waals surface area contributed by atoms with Crippen molar-refractivity contribution in [2.75, 3.05) is 0 Å². The molecule has 0 amide bonds. The van der Waals surface area contributed by atoms with Crippen molar-refractivity contribution in [2.45, 2.75) is 6.18 Å². The third kappa shape index (κ3) is 2.70. The molecule has 0 N–H and O–H groups in total. The summed E-state index contributed by atoms with van der Waals surface area (Å²) in [7, 11) is 0. The molecule has 1 aromatic heterocycles. The highest BCUT2D eigenvalue weighted by Gasteiger charge is 2.34. The molecule has 4 rings (SSSR count). The second-order valence-electron chi connectivity index (χ2n) is 6.05. The van der Waals surface area contributed by atoms with E-state index in [1.165, 1.54) is 24.3 Å². The van der Waals surface area contributed by atoms with Gasteiger partial charge < -0.3 is 0 Å². The van der Waals surface area contributed by atoms with E-state index in [0.717, 1.165) is 12.1 Å². The Morgan fingerprint density at radius 3 is 1.48 bits per heavy atom. The Labute approximate surface area is 150 Å². The maximum absolute atomic E-state index is 13.5. The standard InChI is InChI=1S/C21H12F3NO2/c22-21(23,24)17-11-5-6-12-18(17)25-19(26)15-9-3-1-7-13(15)14-8-2-4-10-16(14)20(25)27/h1-12H. The number of benzene rings is 3. The van der Waals surface area contributed by atoms with Gasteiger partial charge in [0.25, 0.3) is 11.1 Å². The second kappa shape index (κ2) is 6.09. The van der Waals surface area contributed by atoms with Crippen molar-refractivity contribution in [1.82, 2.24) is 4.57 Å². The molecule has 1 heterocycles. The minimum absolute atomic E-state index is 0.174. The molecule has 0 unspecified atom stereocenters. The lowest BCUT2D eigenvalue weighted by atomic mass is 10.1. The highest BCUT2D eigenvalue weighted by Crippen LogP contribution is 2.33. The topological polar surface area (TPSA) is 39.1 Å². The number of nitrogens with zero attached hydrogens (tertiary/aromatic N) is 1. The van der Waals surface area contributed by atoms with E-state index in [1.54, 1.807) is 36.4 Å². The number of halogens is 3. The van der Waals surface area contributed by atoms with Gasteiger partial charge in [-0.05, 0) is 35.0 Å². The van der Waals surface area contributed by atoms with Crippen molar-refractivity contribution in [1.29, 1.82) is 0 Å². The Balaban J connectivity index is 2.32. The van der Waals surface area contributed by atoms with Gasteiger partial charge >= 0.3 is 6.18 Å². The van der Waals surface area contributed by atoms with E-state index in [-0.39, 0.29) is 10.8 Å². The zero-order chi connectivity index (χ0) is 19.2. The van der Waals surface area contributed by atoms with Crippen LogP contribution in [0.2, 0.25) is 0 Å². The number of rotatable bonds is 1. The van der Waals surface area contributed by atoms with Gasteiger partial charge in [-0.25, -0.2) is 4.57 Å². The van der Waals surface area contributed by atoms with E-state index in [9.17, 15) is 22.8 Å². The normalized spacial score (nSPS) is 11.8. The fourth-order valence-electron chi connectivity index (χ4n) is 3.27. The van der Waals surface area contributed by atoms with Crippen LogP contribution in [0.15, 0.2) is 82.4 Å². The minimum atomic E-state index is -4.71. The summed E-state index contributed by atoms with van der Waals surface area (Å²) in [4.78, 5) is 26.3. The van der Waals surface area contributed by atoms with Crippen LogP contribution in [0.3, 0.4) is 0 Å². The van der Waals surface area contributed by atoms with Crippen LogP contribution < -0.4 is 11.1 Å². The molecule has 0 aliphatic rings. The Hall–Kier alpha value is -3.41. The van der Waals surface area contributed by atoms with E-state index >= 15 is 0 Å². The maximum atomic E-state index is 13.5. The van der Waals surface area contributed by atoms with Crippen molar-refractivity contribution >= 4 is 21.5 Å². The van der Waals surface area contributed by atoms with Crippen LogP contribution in [0, 0.1) is 0 Å². The number of para-hydroxylation sites is 1. The Bertz CT molecular complexity index is 1230. The summed E-state index contributed by atoms with van der Waals surface area (Å²) in [5.74, 6) is 0. The number of alkyl halides is 3. The van der Waals surface area contributed by atoms with E-state index in [1.807, 2.05) is 0 Å². The summed E-state index contributed by atoms with van der Waals surface area (Å²) in [6.45, 7) is 0. The minimum Gasteiger partial charge on any atom is -0.268 e. The molecule has 27 heavy (non-hydrogen) atoms. The third-order valence-corrected chi connectivity index (χ3v) is 4.46. The summed E-state index contributed by atoms with van der Waals surface area (Å²) in [6.07, 6.45) is -4.71. The number of hydrogen-bond donors (Lipinski definition) is 0. The van der Waals surface area contributed by atoms with E-state index < -0.39 is 28.5 Å². The van der Waals surface area contributed by atoms with E-state index in [2.05, 4.69) is 0 Å². The first-order chi connectivity index (χ1) is 12.9. The highest BCUT2D eigenvalue weighted by atomic mass is 19.4. The van der Waals surface area contributed by atoms with Gasteiger partial charge in [0.15, 0.2) is 0 Å². The Kier molecular flexibility index (Phi) is 3.84. The molecule has 0 aliphatic carbocycles. The molecule has 0 radical (unpaired) electrons. The summed E-state index contributed by atoms with van der Waals surface area (Å²) in [5.41, 5.74) is -3.10. The third-order valence-electron chi connectivity index (χ3n) is 4.46. The summed E-state index contributed by atoms with van der Waals surface area (Å²) in [6, 6.07) is 17.6. The van der Waals surface area contributed by atoms with Gasteiger partial charge in [0.05, 0.1) is 11.3 Å². The lowest BCUT2D eigenvalue weighted by Crippen LogP contribution is -2.30. The predicted octanol–water partition coefficient (Wildman–Crippen LogP) is 4.52. The van der Waals surface area contributed by atoms with Gasteiger partial charge in [-0.2, -0.15) is 13.2 Å². The first-order valence-electron chi connectivity index (χ1n) is 8.13. The van der Waals surface area contributed by atoms with Crippen LogP contribution in [0.1, 0.15) is 5.56 Å². The number of hydrogen-bond acceptors (Lipinski definition) is 2. The average Bonchev–Trinajstić information content (AvgIpc) is 2.76. The highest BCUT2D eigenvalue weighted by molar-refractivity contribution is 6.05. The SMILES string of the molecule is O=c1c2ccccc2c2ccccc2c(=O)n1-c1ccccc1C(F)(F)F. The van der Waals surface area contributed by atoms with Crippen molar-refractivity contribution in [2.24, 2.45) is 0 Å². The zero-order valence-corrected chi connectivity index (χ0v) is 13.8. The smallest absolute Gasteiger partial charge is 0.268 e. The molecular weight excluding hydrogens is 355 g/mol. The molecule has 0 spiro atoms. The first kappa shape index (κ1) is 17.0. The van der Waals surface area contributed by atoms with Gasteiger partial charge in [-0.15, -0.1) is 0 Å². The quantitative estimate of drug-likeness (QED) is 0.496. The molecular formula is C21H12F3NO2. The van der Waals surface area contributed by atoms with Crippen molar-refractivity contribution in [3.63, 3.8) is 0 Å². The van der Waals surface area contributed by atoms with Crippen LogP contribution in [0.4, 0.5) is 13.2 Å². The van der Waals surface area contributed by atoms with Gasteiger partial charge in [0.1, 0.15) is 0 Å². The Morgan fingerprint density at radius 1 is 0.593 bits per heavy atom. The lowest BCUT2D eigenvalue weighted by molar-refractivity contribution is -0.137. The molecule has 0 fully saturated rings. The molecule has 0 bridgehead atoms. The van der Waals surface area contributed by atoms with Crippen LogP contribution in [-0.2, 0) is 6.18 Å². The predicted molar refractivity (Wildman–Crippen MR) is 98.3 cm³/mol. The average molecular weight is 367 g/mol. The maximum Gasteiger partial charge on any atom is 0.418 e. The molecule has 6 heteroatoms. The molecule has 4 aromatic rings. The molecule has 134 valence electrons. The summed E-state index contributed by atoms with van der Waals surface area (Å²) >= 11 is 0. The van der Waals surface area contributed by atoms with Gasteiger partial charge in [0.2, 0.25) is 0 Å². The molecule has 3 nitrogen and oxygen atoms in total. The number of fused-ring (bicyclic) bond motifs is 3. The van der Waals surface area contributed by atoms with Crippen molar-refractivity contribution in [3.05, 3.63) is 99.1 Å². The molecule has 0 saturated heterocycles. The first-order valence-corrected chi connectivity index (χ1v) is 8.13. The van der Waals surface area contributed by atoms with Crippen LogP contribution >= 0.6 is 0 Å². The second-order valence-corrected chi connectivity index (χ2v) is 6.05. The van der Waals surface area contributed by atoms with E-state index in [4.69, 9.17) is 0 Å². The zero-order valence-electron chi connectivity index (χ0n) is 13.8. The van der Waals surface area contributed by atoms with Crippen LogP contribution in [0.5, 0.6) is 0 Å². The summed E-state index contributed by atoms with van der Waals surface area (Å²) < 4.78 is 41.1. The van der Waals surface area contributed by atoms with Crippen molar-refractivity contribution < 1.29 is 13.2 Å². The molecule has 0 atom stereocenters. The molecule has 0 aliphatic heterocycles. The fraction of sp³-hybridized carbons (Fsp3) is 0.0476. The van der Waals surface area contributed by atoms with E-state index in [0.29, 0.717) is 15.3 Å². The molecule has 0 saturated carbocycles. The largest absolute Gasteiger partial charge is 0.418 e. The number of aromatic nitrogens is 1. The van der Waals surface area contributed by atoms with Gasteiger partial charge in [-0.3, -0.25) is 9.59 Å². The van der Waals surface area contributed by atoms with Crippen LogP contribution in [0.25, 0.3) is 27.2 Å².